The van der Waals surface area contributed by atoms with Crippen LogP contribution in [0, 0.1) is 0 Å². The van der Waals surface area contributed by atoms with Gasteiger partial charge < -0.3 is 9.30 Å². The molecule has 0 bridgehead atoms. The molecule has 1 fully saturated rings. The van der Waals surface area contributed by atoms with Crippen LogP contribution in [0.15, 0.2) is 24.3 Å². The molecule has 0 aliphatic carbocycles. The molecule has 2 aromatic rings. The molecule has 0 radical (unpaired) electrons. The molecule has 1 saturated heterocycles. The summed E-state index contributed by atoms with van der Waals surface area (Å²) < 4.78 is 7.46. The molecule has 0 amide bonds. The maximum atomic E-state index is 5.32. The van der Waals surface area contributed by atoms with Crippen molar-refractivity contribution in [3.63, 3.8) is 0 Å². The lowest BCUT2D eigenvalue weighted by Gasteiger charge is -2.27. The standard InChI is InChI=1S/C13H18N4O/c1-16-12-5-3-2-4-11(12)15-13(16)10-14-17-6-8-18-9-7-17/h2-5,14H,6-10H2,1H3. The van der Waals surface area contributed by atoms with Gasteiger partial charge in [0.05, 0.1) is 30.8 Å². The fraction of sp³-hybridized carbons (Fsp3) is 0.462. The number of hydrogen-bond acceptors (Lipinski definition) is 4. The van der Waals surface area contributed by atoms with Gasteiger partial charge in [-0.15, -0.1) is 0 Å². The number of aryl methyl sites for hydroxylation is 1. The number of hydrazine groups is 1. The SMILES string of the molecule is Cn1c(CNN2CCOCC2)nc2ccccc21. The second-order valence-corrected chi connectivity index (χ2v) is 4.51. The Kier molecular flexibility index (Phi) is 3.27. The van der Waals surface area contributed by atoms with Crippen molar-refractivity contribution in [1.29, 1.82) is 0 Å². The lowest BCUT2D eigenvalue weighted by Crippen LogP contribution is -2.45. The van der Waals surface area contributed by atoms with E-state index in [4.69, 9.17) is 4.74 Å². The molecule has 18 heavy (non-hydrogen) atoms. The molecule has 1 aliphatic heterocycles. The van der Waals surface area contributed by atoms with Crippen LogP contribution in [0.2, 0.25) is 0 Å². The Balaban J connectivity index is 1.72. The molecular weight excluding hydrogens is 228 g/mol. The van der Waals surface area contributed by atoms with Gasteiger partial charge in [-0.25, -0.2) is 15.4 Å². The van der Waals surface area contributed by atoms with Gasteiger partial charge >= 0.3 is 0 Å². The Morgan fingerprint density at radius 1 is 1.28 bits per heavy atom. The van der Waals surface area contributed by atoms with Crippen LogP contribution in [0.5, 0.6) is 0 Å². The number of morpholine rings is 1. The maximum absolute atomic E-state index is 5.32. The molecule has 1 aliphatic rings. The summed E-state index contributed by atoms with van der Waals surface area (Å²) in [6.07, 6.45) is 0. The average molecular weight is 246 g/mol. The highest BCUT2D eigenvalue weighted by Gasteiger charge is 2.11. The minimum atomic E-state index is 0.755. The summed E-state index contributed by atoms with van der Waals surface area (Å²) in [5.74, 6) is 1.06. The third kappa shape index (κ3) is 2.25. The zero-order valence-electron chi connectivity index (χ0n) is 10.6. The van der Waals surface area contributed by atoms with E-state index in [0.29, 0.717) is 0 Å². The Bertz CT molecular complexity index is 531. The van der Waals surface area contributed by atoms with Crippen molar-refractivity contribution in [2.45, 2.75) is 6.54 Å². The summed E-state index contributed by atoms with van der Waals surface area (Å²) in [6.45, 7) is 4.23. The first-order valence-electron chi connectivity index (χ1n) is 6.31. The number of fused-ring (bicyclic) bond motifs is 1. The fourth-order valence-corrected chi connectivity index (χ4v) is 2.26. The molecule has 0 spiro atoms. The van der Waals surface area contributed by atoms with E-state index in [1.807, 2.05) is 18.2 Å². The van der Waals surface area contributed by atoms with Gasteiger partial charge in [0.2, 0.25) is 0 Å². The third-order valence-corrected chi connectivity index (χ3v) is 3.35. The first kappa shape index (κ1) is 11.6. The Hall–Kier alpha value is -1.43. The van der Waals surface area contributed by atoms with Crippen LogP contribution in [-0.2, 0) is 18.3 Å². The first-order chi connectivity index (χ1) is 8.84. The quantitative estimate of drug-likeness (QED) is 0.874. The van der Waals surface area contributed by atoms with Gasteiger partial charge in [-0.3, -0.25) is 0 Å². The minimum absolute atomic E-state index is 0.755. The number of benzene rings is 1. The summed E-state index contributed by atoms with van der Waals surface area (Å²) in [4.78, 5) is 4.64. The summed E-state index contributed by atoms with van der Waals surface area (Å²) in [5, 5.41) is 2.20. The zero-order valence-corrected chi connectivity index (χ0v) is 10.6. The topological polar surface area (TPSA) is 42.3 Å². The molecule has 1 aromatic heterocycles. The van der Waals surface area contributed by atoms with Crippen LogP contribution in [0.4, 0.5) is 0 Å². The second-order valence-electron chi connectivity index (χ2n) is 4.51. The van der Waals surface area contributed by atoms with E-state index >= 15 is 0 Å². The molecule has 1 N–H and O–H groups in total. The molecule has 0 unspecified atom stereocenters. The number of nitrogens with one attached hydrogen (secondary N) is 1. The Labute approximate surface area is 106 Å². The van der Waals surface area contributed by atoms with E-state index in [1.165, 1.54) is 5.52 Å². The number of nitrogens with zero attached hydrogens (tertiary/aromatic N) is 3. The largest absolute Gasteiger partial charge is 0.379 e. The molecule has 3 rings (SSSR count). The molecule has 2 heterocycles. The number of hydrogen-bond donors (Lipinski definition) is 1. The van der Waals surface area contributed by atoms with Crippen molar-refractivity contribution in [1.82, 2.24) is 20.0 Å². The van der Waals surface area contributed by atoms with Crippen LogP contribution in [0.25, 0.3) is 11.0 Å². The van der Waals surface area contributed by atoms with E-state index in [9.17, 15) is 0 Å². The van der Waals surface area contributed by atoms with E-state index in [-0.39, 0.29) is 0 Å². The van der Waals surface area contributed by atoms with E-state index in [0.717, 1.165) is 44.2 Å². The van der Waals surface area contributed by atoms with Crippen molar-refractivity contribution < 1.29 is 4.74 Å². The number of imidazole rings is 1. The average Bonchev–Trinajstić information content (AvgIpc) is 2.75. The van der Waals surface area contributed by atoms with Crippen molar-refractivity contribution in [2.24, 2.45) is 7.05 Å². The van der Waals surface area contributed by atoms with Crippen LogP contribution in [-0.4, -0.2) is 40.9 Å². The summed E-state index contributed by atoms with van der Waals surface area (Å²) in [7, 11) is 2.06. The Morgan fingerprint density at radius 2 is 2.06 bits per heavy atom. The smallest absolute Gasteiger partial charge is 0.125 e. The maximum Gasteiger partial charge on any atom is 0.125 e. The Morgan fingerprint density at radius 3 is 2.83 bits per heavy atom. The fourth-order valence-electron chi connectivity index (χ4n) is 2.26. The number of ether oxygens (including phenoxy) is 1. The highest BCUT2D eigenvalue weighted by molar-refractivity contribution is 5.75. The van der Waals surface area contributed by atoms with Gasteiger partial charge in [0.25, 0.3) is 0 Å². The van der Waals surface area contributed by atoms with Gasteiger partial charge in [0, 0.05) is 20.1 Å². The predicted molar refractivity (Wildman–Crippen MR) is 69.9 cm³/mol. The predicted octanol–water partition coefficient (Wildman–Crippen LogP) is 0.910. The van der Waals surface area contributed by atoms with Crippen molar-refractivity contribution >= 4 is 11.0 Å². The van der Waals surface area contributed by atoms with Crippen molar-refractivity contribution in [2.75, 3.05) is 26.3 Å². The molecule has 5 nitrogen and oxygen atoms in total. The lowest BCUT2D eigenvalue weighted by atomic mass is 10.3. The van der Waals surface area contributed by atoms with Gasteiger partial charge in [0.1, 0.15) is 5.82 Å². The monoisotopic (exact) mass is 246 g/mol. The molecule has 0 saturated carbocycles. The van der Waals surface area contributed by atoms with E-state index < -0.39 is 0 Å². The van der Waals surface area contributed by atoms with Gasteiger partial charge in [-0.05, 0) is 12.1 Å². The number of para-hydroxylation sites is 2. The second kappa shape index (κ2) is 5.06. The van der Waals surface area contributed by atoms with Crippen molar-refractivity contribution in [3.8, 4) is 0 Å². The third-order valence-electron chi connectivity index (χ3n) is 3.35. The van der Waals surface area contributed by atoms with Crippen LogP contribution < -0.4 is 5.43 Å². The first-order valence-corrected chi connectivity index (χ1v) is 6.31. The van der Waals surface area contributed by atoms with Gasteiger partial charge in [0.15, 0.2) is 0 Å². The molecule has 96 valence electrons. The van der Waals surface area contributed by atoms with E-state index in [2.05, 4.69) is 33.1 Å². The highest BCUT2D eigenvalue weighted by Crippen LogP contribution is 2.13. The lowest BCUT2D eigenvalue weighted by molar-refractivity contribution is 0.01000. The van der Waals surface area contributed by atoms with Crippen molar-refractivity contribution in [3.05, 3.63) is 30.1 Å². The molecule has 1 aromatic carbocycles. The summed E-state index contributed by atoms with van der Waals surface area (Å²) in [6, 6.07) is 8.21. The molecular formula is C13H18N4O. The van der Waals surface area contributed by atoms with Crippen LogP contribution >= 0.6 is 0 Å². The minimum Gasteiger partial charge on any atom is -0.379 e. The highest BCUT2D eigenvalue weighted by atomic mass is 16.5. The molecule has 5 heteroatoms. The van der Waals surface area contributed by atoms with E-state index in [1.54, 1.807) is 0 Å². The van der Waals surface area contributed by atoms with Gasteiger partial charge in [-0.1, -0.05) is 12.1 Å². The number of rotatable bonds is 3. The molecule has 0 atom stereocenters. The number of aromatic nitrogens is 2. The summed E-state index contributed by atoms with van der Waals surface area (Å²) in [5.41, 5.74) is 5.64. The van der Waals surface area contributed by atoms with Crippen LogP contribution in [0.3, 0.4) is 0 Å². The normalized spacial score (nSPS) is 17.4. The summed E-state index contributed by atoms with van der Waals surface area (Å²) >= 11 is 0. The van der Waals surface area contributed by atoms with Gasteiger partial charge in [-0.2, -0.15) is 0 Å². The zero-order chi connectivity index (χ0) is 12.4. The van der Waals surface area contributed by atoms with Crippen LogP contribution in [0.1, 0.15) is 5.82 Å².